The summed E-state index contributed by atoms with van der Waals surface area (Å²) in [6.45, 7) is 2.67. The van der Waals surface area contributed by atoms with Crippen LogP contribution < -0.4 is 5.32 Å². The van der Waals surface area contributed by atoms with Crippen molar-refractivity contribution in [2.24, 2.45) is 0 Å². The number of hydrogen-bond donors (Lipinski definition) is 1. The monoisotopic (exact) mass is 330 g/mol. The Hall–Kier alpha value is -2.60. The molecule has 6 nitrogen and oxygen atoms in total. The Labute approximate surface area is 138 Å². The van der Waals surface area contributed by atoms with E-state index in [2.05, 4.69) is 15.5 Å². The summed E-state index contributed by atoms with van der Waals surface area (Å²) >= 11 is 5.98. The van der Waals surface area contributed by atoms with Crippen LogP contribution >= 0.6 is 11.6 Å². The maximum absolute atomic E-state index is 11.7. The number of likely N-dealkylation sites (N-methyl/N-ethyl adjacent to an activating group) is 1. The molecule has 1 N–H and O–H groups in total. The number of rotatable bonds is 5. The zero-order valence-electron chi connectivity index (χ0n) is 12.5. The highest BCUT2D eigenvalue weighted by Crippen LogP contribution is 2.24. The normalized spacial score (nSPS) is 10.7. The average Bonchev–Trinajstić information content (AvgIpc) is 3.16. The fourth-order valence-corrected chi connectivity index (χ4v) is 2.42. The van der Waals surface area contributed by atoms with E-state index in [0.717, 1.165) is 5.56 Å². The fourth-order valence-electron chi connectivity index (χ4n) is 2.23. The Morgan fingerprint density at radius 3 is 3.00 bits per heavy atom. The summed E-state index contributed by atoms with van der Waals surface area (Å²) in [6.07, 6.45) is 1.80. The molecule has 0 unspecified atom stereocenters. The van der Waals surface area contributed by atoms with E-state index in [4.69, 9.17) is 16.1 Å². The summed E-state index contributed by atoms with van der Waals surface area (Å²) < 4.78 is 7.09. The molecule has 1 aromatic carbocycles. The van der Waals surface area contributed by atoms with Gasteiger partial charge in [0.1, 0.15) is 12.2 Å². The molecule has 0 bridgehead atoms. The van der Waals surface area contributed by atoms with Crippen molar-refractivity contribution in [2.45, 2.75) is 13.5 Å². The Bertz CT molecular complexity index is 825. The quantitative estimate of drug-likeness (QED) is 0.780. The molecule has 0 aliphatic heterocycles. The first kappa shape index (κ1) is 15.3. The molecule has 2 aromatic heterocycles. The lowest BCUT2D eigenvalue weighted by Crippen LogP contribution is -2.27. The van der Waals surface area contributed by atoms with Crippen LogP contribution in [0.3, 0.4) is 0 Å². The molecule has 118 valence electrons. The van der Waals surface area contributed by atoms with E-state index in [-0.39, 0.29) is 12.5 Å². The van der Waals surface area contributed by atoms with Crippen LogP contribution in [0.1, 0.15) is 6.92 Å². The van der Waals surface area contributed by atoms with Gasteiger partial charge >= 0.3 is 0 Å². The third-order valence-corrected chi connectivity index (χ3v) is 3.48. The van der Waals surface area contributed by atoms with Gasteiger partial charge in [0, 0.05) is 23.3 Å². The first-order valence-corrected chi connectivity index (χ1v) is 7.57. The van der Waals surface area contributed by atoms with Gasteiger partial charge in [-0.3, -0.25) is 4.79 Å². The van der Waals surface area contributed by atoms with E-state index in [1.54, 1.807) is 22.9 Å². The van der Waals surface area contributed by atoms with Gasteiger partial charge in [0.05, 0.1) is 0 Å². The van der Waals surface area contributed by atoms with Crippen molar-refractivity contribution in [3.63, 3.8) is 0 Å². The highest BCUT2D eigenvalue weighted by molar-refractivity contribution is 6.30. The van der Waals surface area contributed by atoms with Gasteiger partial charge in [0.25, 0.3) is 5.89 Å². The van der Waals surface area contributed by atoms with Crippen LogP contribution in [0.15, 0.2) is 47.1 Å². The predicted molar refractivity (Wildman–Crippen MR) is 86.9 cm³/mol. The number of benzene rings is 1. The van der Waals surface area contributed by atoms with E-state index in [1.165, 1.54) is 0 Å². The summed E-state index contributed by atoms with van der Waals surface area (Å²) in [7, 11) is 0. The Balaban J connectivity index is 1.87. The van der Waals surface area contributed by atoms with Crippen LogP contribution in [0.25, 0.3) is 23.0 Å². The van der Waals surface area contributed by atoms with Gasteiger partial charge in [-0.2, -0.15) is 4.98 Å². The molecule has 0 saturated carbocycles. The van der Waals surface area contributed by atoms with E-state index in [1.807, 2.05) is 31.2 Å². The molecule has 0 atom stereocenters. The van der Waals surface area contributed by atoms with Crippen molar-refractivity contribution in [1.29, 1.82) is 0 Å². The number of nitrogens with zero attached hydrogens (tertiary/aromatic N) is 3. The number of amides is 1. The van der Waals surface area contributed by atoms with Crippen molar-refractivity contribution in [3.05, 3.63) is 47.6 Å². The second-order valence-electron chi connectivity index (χ2n) is 4.91. The van der Waals surface area contributed by atoms with E-state index in [9.17, 15) is 4.79 Å². The molecule has 7 heteroatoms. The second-order valence-corrected chi connectivity index (χ2v) is 5.34. The SMILES string of the molecule is CCNC(=O)Cn1cccc1-c1nc(-c2cccc(Cl)c2)no1. The van der Waals surface area contributed by atoms with E-state index in [0.29, 0.717) is 29.0 Å². The van der Waals surface area contributed by atoms with Crippen LogP contribution in [-0.2, 0) is 11.3 Å². The average molecular weight is 331 g/mol. The van der Waals surface area contributed by atoms with Crippen LogP contribution in [0, 0.1) is 0 Å². The molecule has 0 radical (unpaired) electrons. The van der Waals surface area contributed by atoms with Crippen LogP contribution in [0.4, 0.5) is 0 Å². The predicted octanol–water partition coefficient (Wildman–Crippen LogP) is 2.99. The maximum Gasteiger partial charge on any atom is 0.274 e. The Morgan fingerprint density at radius 1 is 1.35 bits per heavy atom. The van der Waals surface area contributed by atoms with Gasteiger partial charge in [-0.15, -0.1) is 0 Å². The summed E-state index contributed by atoms with van der Waals surface area (Å²) in [4.78, 5) is 16.1. The fraction of sp³-hybridized carbons (Fsp3) is 0.188. The molecule has 0 aliphatic carbocycles. The van der Waals surface area contributed by atoms with E-state index >= 15 is 0 Å². The molecule has 23 heavy (non-hydrogen) atoms. The second kappa shape index (κ2) is 6.66. The summed E-state index contributed by atoms with van der Waals surface area (Å²) in [5, 5.41) is 7.35. The van der Waals surface area contributed by atoms with Crippen molar-refractivity contribution in [1.82, 2.24) is 20.0 Å². The standard InChI is InChI=1S/C16H15ClN4O2/c1-2-18-14(22)10-21-8-4-7-13(21)16-19-15(20-23-16)11-5-3-6-12(17)9-11/h3-9H,2,10H2,1H3,(H,18,22). The smallest absolute Gasteiger partial charge is 0.274 e. The number of carbonyl (C=O) groups excluding carboxylic acids is 1. The zero-order valence-corrected chi connectivity index (χ0v) is 13.2. The third-order valence-electron chi connectivity index (χ3n) is 3.25. The molecule has 3 aromatic rings. The highest BCUT2D eigenvalue weighted by atomic mass is 35.5. The van der Waals surface area contributed by atoms with Crippen molar-refractivity contribution < 1.29 is 9.32 Å². The summed E-state index contributed by atoms with van der Waals surface area (Å²) in [5.41, 5.74) is 1.46. The third kappa shape index (κ3) is 3.43. The van der Waals surface area contributed by atoms with Gasteiger partial charge < -0.3 is 14.4 Å². The molecular weight excluding hydrogens is 316 g/mol. The van der Waals surface area contributed by atoms with Gasteiger partial charge in [-0.25, -0.2) is 0 Å². The lowest BCUT2D eigenvalue weighted by molar-refractivity contribution is -0.121. The largest absolute Gasteiger partial charge is 0.355 e. The topological polar surface area (TPSA) is 73.0 Å². The highest BCUT2D eigenvalue weighted by Gasteiger charge is 2.15. The van der Waals surface area contributed by atoms with Gasteiger partial charge in [0.2, 0.25) is 11.7 Å². The number of halogens is 1. The molecule has 0 spiro atoms. The lowest BCUT2D eigenvalue weighted by Gasteiger charge is -2.06. The van der Waals surface area contributed by atoms with Crippen molar-refractivity contribution in [2.75, 3.05) is 6.54 Å². The summed E-state index contributed by atoms with van der Waals surface area (Å²) in [5.74, 6) is 0.738. The number of nitrogens with one attached hydrogen (secondary N) is 1. The Kier molecular flexibility index (Phi) is 4.43. The minimum atomic E-state index is -0.0699. The number of hydrogen-bond acceptors (Lipinski definition) is 4. The molecular formula is C16H15ClN4O2. The molecule has 3 rings (SSSR count). The van der Waals surface area contributed by atoms with E-state index < -0.39 is 0 Å². The Morgan fingerprint density at radius 2 is 2.22 bits per heavy atom. The van der Waals surface area contributed by atoms with Gasteiger partial charge in [-0.1, -0.05) is 28.9 Å². The minimum Gasteiger partial charge on any atom is -0.355 e. The van der Waals surface area contributed by atoms with Gasteiger partial charge in [-0.05, 0) is 31.2 Å². The molecule has 0 fully saturated rings. The van der Waals surface area contributed by atoms with Crippen molar-refractivity contribution in [3.8, 4) is 23.0 Å². The number of aromatic nitrogens is 3. The number of carbonyl (C=O) groups is 1. The maximum atomic E-state index is 11.7. The van der Waals surface area contributed by atoms with Gasteiger partial charge in [0.15, 0.2) is 0 Å². The lowest BCUT2D eigenvalue weighted by atomic mass is 10.2. The molecule has 1 amide bonds. The first-order chi connectivity index (χ1) is 11.2. The van der Waals surface area contributed by atoms with Crippen LogP contribution in [0.5, 0.6) is 0 Å². The van der Waals surface area contributed by atoms with Crippen LogP contribution in [-0.4, -0.2) is 27.2 Å². The van der Waals surface area contributed by atoms with Crippen LogP contribution in [0.2, 0.25) is 5.02 Å². The minimum absolute atomic E-state index is 0.0699. The van der Waals surface area contributed by atoms with Crippen molar-refractivity contribution >= 4 is 17.5 Å². The first-order valence-electron chi connectivity index (χ1n) is 7.19. The molecule has 2 heterocycles. The molecule has 0 aliphatic rings. The molecule has 0 saturated heterocycles. The summed E-state index contributed by atoms with van der Waals surface area (Å²) in [6, 6.07) is 10.9. The zero-order chi connectivity index (χ0) is 16.2.